The highest BCUT2D eigenvalue weighted by molar-refractivity contribution is 14.0. The van der Waals surface area contributed by atoms with Crippen molar-refractivity contribution in [2.75, 3.05) is 46.4 Å². The molecule has 1 aromatic rings. The lowest BCUT2D eigenvalue weighted by molar-refractivity contribution is -0.0971. The number of nitrogens with zero attached hydrogens (tertiary/aromatic N) is 2. The number of aliphatic imine (C=N–C) groups is 1. The van der Waals surface area contributed by atoms with Gasteiger partial charge in [-0.3, -0.25) is 9.89 Å². The van der Waals surface area contributed by atoms with Crippen LogP contribution >= 0.6 is 24.0 Å². The van der Waals surface area contributed by atoms with Gasteiger partial charge in [0.25, 0.3) is 0 Å². The van der Waals surface area contributed by atoms with Crippen LogP contribution in [0.1, 0.15) is 32.4 Å². The van der Waals surface area contributed by atoms with E-state index in [0.29, 0.717) is 6.04 Å². The van der Waals surface area contributed by atoms with E-state index in [4.69, 9.17) is 4.74 Å². The molecule has 1 unspecified atom stereocenters. The quantitative estimate of drug-likeness (QED) is 0.356. The predicted octanol–water partition coefficient (Wildman–Crippen LogP) is 2.89. The van der Waals surface area contributed by atoms with E-state index in [1.807, 2.05) is 7.05 Å². The van der Waals surface area contributed by atoms with Crippen LogP contribution in [-0.4, -0.2) is 57.3 Å². The molecule has 1 saturated heterocycles. The van der Waals surface area contributed by atoms with Gasteiger partial charge in [-0.05, 0) is 18.7 Å². The smallest absolute Gasteiger partial charge is 0.191 e. The van der Waals surface area contributed by atoms with Gasteiger partial charge in [0, 0.05) is 25.6 Å². The molecule has 5 nitrogen and oxygen atoms in total. The Labute approximate surface area is 169 Å². The van der Waals surface area contributed by atoms with Crippen LogP contribution < -0.4 is 10.6 Å². The SMILES string of the molecule is CCN(CC)C(CNC(=NC)NCC1(C)COC1)c1ccccc1.I. The maximum atomic E-state index is 5.31. The van der Waals surface area contributed by atoms with Crippen LogP contribution in [0.15, 0.2) is 35.3 Å². The van der Waals surface area contributed by atoms with Gasteiger partial charge < -0.3 is 15.4 Å². The molecular formula is C19H33IN4O. The summed E-state index contributed by atoms with van der Waals surface area (Å²) in [7, 11) is 1.82. The molecule has 0 bridgehead atoms. The number of guanidine groups is 1. The van der Waals surface area contributed by atoms with E-state index < -0.39 is 0 Å². The van der Waals surface area contributed by atoms with Gasteiger partial charge in [0.05, 0.1) is 19.3 Å². The lowest BCUT2D eigenvalue weighted by atomic mass is 9.89. The predicted molar refractivity (Wildman–Crippen MR) is 116 cm³/mol. The number of hydrogen-bond acceptors (Lipinski definition) is 3. The Hall–Kier alpha value is -0.860. The molecule has 1 aliphatic heterocycles. The molecule has 142 valence electrons. The molecule has 6 heteroatoms. The zero-order valence-corrected chi connectivity index (χ0v) is 18.2. The molecule has 0 radical (unpaired) electrons. The average molecular weight is 460 g/mol. The zero-order valence-electron chi connectivity index (χ0n) is 15.9. The summed E-state index contributed by atoms with van der Waals surface area (Å²) in [4.78, 5) is 6.83. The fourth-order valence-corrected chi connectivity index (χ4v) is 3.06. The molecule has 1 aromatic carbocycles. The summed E-state index contributed by atoms with van der Waals surface area (Å²) in [6, 6.07) is 11.0. The van der Waals surface area contributed by atoms with Gasteiger partial charge in [0.2, 0.25) is 0 Å². The van der Waals surface area contributed by atoms with E-state index >= 15 is 0 Å². The Kier molecular flexibility index (Phi) is 9.74. The largest absolute Gasteiger partial charge is 0.380 e. The molecule has 25 heavy (non-hydrogen) atoms. The maximum absolute atomic E-state index is 5.31. The second kappa shape index (κ2) is 11.0. The summed E-state index contributed by atoms with van der Waals surface area (Å²) in [6.07, 6.45) is 0. The van der Waals surface area contributed by atoms with E-state index in [-0.39, 0.29) is 29.4 Å². The number of likely N-dealkylation sites (N-methyl/N-ethyl adjacent to an activating group) is 1. The maximum Gasteiger partial charge on any atom is 0.191 e. The highest BCUT2D eigenvalue weighted by atomic mass is 127. The summed E-state index contributed by atoms with van der Waals surface area (Å²) in [6.45, 7) is 12.1. The number of hydrogen-bond donors (Lipinski definition) is 2. The average Bonchev–Trinajstić information content (AvgIpc) is 2.60. The summed E-state index contributed by atoms with van der Waals surface area (Å²) >= 11 is 0. The molecular weight excluding hydrogens is 427 g/mol. The second-order valence-corrected chi connectivity index (χ2v) is 6.76. The topological polar surface area (TPSA) is 48.9 Å². The van der Waals surface area contributed by atoms with Crippen LogP contribution in [0.2, 0.25) is 0 Å². The molecule has 1 fully saturated rings. The normalized spacial score (nSPS) is 17.4. The molecule has 0 aromatic heterocycles. The third kappa shape index (κ3) is 6.42. The summed E-state index contributed by atoms with van der Waals surface area (Å²) in [5.74, 6) is 0.858. The standard InChI is InChI=1S/C19H32N4O.HI/c1-5-23(6-2)17(16-10-8-7-9-11-16)12-21-18(20-4)22-13-19(3)14-24-15-19;/h7-11,17H,5-6,12-15H2,1-4H3,(H2,20,21,22);1H. The first-order valence-electron chi connectivity index (χ1n) is 8.93. The first-order chi connectivity index (χ1) is 11.6. The zero-order chi connectivity index (χ0) is 17.4. The molecule has 1 atom stereocenters. The molecule has 0 spiro atoms. The summed E-state index contributed by atoms with van der Waals surface area (Å²) in [5.41, 5.74) is 1.57. The number of nitrogens with one attached hydrogen (secondary N) is 2. The van der Waals surface area contributed by atoms with Gasteiger partial charge in [-0.25, -0.2) is 0 Å². The highest BCUT2D eigenvalue weighted by Crippen LogP contribution is 2.25. The lowest BCUT2D eigenvalue weighted by Crippen LogP contribution is -2.51. The van der Waals surface area contributed by atoms with Gasteiger partial charge in [0.1, 0.15) is 0 Å². The van der Waals surface area contributed by atoms with Crippen molar-refractivity contribution in [2.45, 2.75) is 26.8 Å². The minimum absolute atomic E-state index is 0. The third-order valence-electron chi connectivity index (χ3n) is 4.71. The summed E-state index contributed by atoms with van der Waals surface area (Å²) < 4.78 is 5.31. The van der Waals surface area contributed by atoms with Crippen LogP contribution in [0.25, 0.3) is 0 Å². The number of ether oxygens (including phenoxy) is 1. The van der Waals surface area contributed by atoms with E-state index in [2.05, 4.69) is 71.6 Å². The van der Waals surface area contributed by atoms with Gasteiger partial charge in [-0.1, -0.05) is 51.1 Å². The van der Waals surface area contributed by atoms with Crippen molar-refractivity contribution in [1.29, 1.82) is 0 Å². The molecule has 1 aliphatic rings. The second-order valence-electron chi connectivity index (χ2n) is 6.76. The van der Waals surface area contributed by atoms with E-state index in [1.54, 1.807) is 0 Å². The van der Waals surface area contributed by atoms with Crippen LogP contribution in [0, 0.1) is 5.41 Å². The van der Waals surface area contributed by atoms with E-state index in [0.717, 1.165) is 45.4 Å². The number of benzene rings is 1. The van der Waals surface area contributed by atoms with Crippen molar-refractivity contribution in [2.24, 2.45) is 10.4 Å². The van der Waals surface area contributed by atoms with Crippen molar-refractivity contribution < 1.29 is 4.74 Å². The molecule has 0 amide bonds. The minimum atomic E-state index is 0. The van der Waals surface area contributed by atoms with Crippen molar-refractivity contribution in [1.82, 2.24) is 15.5 Å². The van der Waals surface area contributed by atoms with E-state index in [1.165, 1.54) is 5.56 Å². The first kappa shape index (κ1) is 22.2. The van der Waals surface area contributed by atoms with Crippen molar-refractivity contribution in [3.63, 3.8) is 0 Å². The Morgan fingerprint density at radius 1 is 1.20 bits per heavy atom. The first-order valence-corrected chi connectivity index (χ1v) is 8.93. The molecule has 2 N–H and O–H groups in total. The van der Waals surface area contributed by atoms with Gasteiger partial charge in [-0.15, -0.1) is 24.0 Å². The fraction of sp³-hybridized carbons (Fsp3) is 0.632. The summed E-state index contributed by atoms with van der Waals surface area (Å²) in [5, 5.41) is 6.93. The molecule has 0 aliphatic carbocycles. The molecule has 0 saturated carbocycles. The van der Waals surface area contributed by atoms with Crippen molar-refractivity contribution >= 4 is 29.9 Å². The Morgan fingerprint density at radius 2 is 1.84 bits per heavy atom. The highest BCUT2D eigenvalue weighted by Gasteiger charge is 2.33. The Balaban J connectivity index is 0.00000312. The van der Waals surface area contributed by atoms with Gasteiger partial charge >= 0.3 is 0 Å². The van der Waals surface area contributed by atoms with E-state index in [9.17, 15) is 0 Å². The number of rotatable bonds is 8. The van der Waals surface area contributed by atoms with Crippen molar-refractivity contribution in [3.8, 4) is 0 Å². The Morgan fingerprint density at radius 3 is 2.32 bits per heavy atom. The fourth-order valence-electron chi connectivity index (χ4n) is 3.06. The molecule has 1 heterocycles. The van der Waals surface area contributed by atoms with Crippen LogP contribution in [0.5, 0.6) is 0 Å². The van der Waals surface area contributed by atoms with Gasteiger partial charge in [0.15, 0.2) is 5.96 Å². The molecule has 2 rings (SSSR count). The minimum Gasteiger partial charge on any atom is -0.380 e. The van der Waals surface area contributed by atoms with Crippen LogP contribution in [-0.2, 0) is 4.74 Å². The van der Waals surface area contributed by atoms with Crippen LogP contribution in [0.3, 0.4) is 0 Å². The van der Waals surface area contributed by atoms with Gasteiger partial charge in [-0.2, -0.15) is 0 Å². The Bertz CT molecular complexity index is 515. The third-order valence-corrected chi connectivity index (χ3v) is 4.71. The lowest BCUT2D eigenvalue weighted by Gasteiger charge is -2.38. The number of halogens is 1. The monoisotopic (exact) mass is 460 g/mol. The van der Waals surface area contributed by atoms with Crippen molar-refractivity contribution in [3.05, 3.63) is 35.9 Å². The van der Waals surface area contributed by atoms with Crippen LogP contribution in [0.4, 0.5) is 0 Å².